The molecule has 1 aromatic heterocycles. The molecule has 2 aromatic carbocycles. The highest BCUT2D eigenvalue weighted by molar-refractivity contribution is 7.90. The molecule has 3 aromatic rings. The number of alkyl halides is 3. The number of hydrogen-bond acceptors (Lipinski definition) is 6. The number of nitrogens with zero attached hydrogens (tertiary/aromatic N) is 3. The molecule has 30 heavy (non-hydrogen) atoms. The number of benzene rings is 2. The molecule has 160 valence electrons. The molecule has 7 nitrogen and oxygen atoms in total. The Morgan fingerprint density at radius 3 is 2.27 bits per heavy atom. The van der Waals surface area contributed by atoms with Crippen molar-refractivity contribution in [3.8, 4) is 22.8 Å². The van der Waals surface area contributed by atoms with Gasteiger partial charge in [-0.05, 0) is 31.2 Å². The number of hydrogen-bond donors (Lipinski definition) is 1. The fourth-order valence-corrected chi connectivity index (χ4v) is 3.04. The maximum absolute atomic E-state index is 12.4. The standard InChI is InChI=1S/C19H19F3N4O3S/c1-13-3-5-14(6-4-13)17-24-18(23-11-12-30(2,27)28)26(25-17)15-7-9-16(10-8-15)29-19(20,21)22/h3-10H,11-12H2,1-2H3,(H,23,24,25). The Bertz CT molecular complexity index is 1110. The summed E-state index contributed by atoms with van der Waals surface area (Å²) in [4.78, 5) is 4.42. The molecule has 0 bridgehead atoms. The molecule has 0 aliphatic rings. The predicted molar refractivity (Wildman–Crippen MR) is 106 cm³/mol. The second-order valence-electron chi connectivity index (χ2n) is 6.64. The van der Waals surface area contributed by atoms with Gasteiger partial charge in [0.25, 0.3) is 0 Å². The summed E-state index contributed by atoms with van der Waals surface area (Å²) in [5.41, 5.74) is 2.23. The van der Waals surface area contributed by atoms with Gasteiger partial charge in [0.2, 0.25) is 5.95 Å². The van der Waals surface area contributed by atoms with Crippen LogP contribution < -0.4 is 10.1 Å². The van der Waals surface area contributed by atoms with Gasteiger partial charge < -0.3 is 10.1 Å². The van der Waals surface area contributed by atoms with Crippen LogP contribution in [0.25, 0.3) is 17.1 Å². The quantitative estimate of drug-likeness (QED) is 0.604. The van der Waals surface area contributed by atoms with Gasteiger partial charge in [0.05, 0.1) is 11.4 Å². The van der Waals surface area contributed by atoms with E-state index in [1.165, 1.54) is 16.8 Å². The van der Waals surface area contributed by atoms with Crippen molar-refractivity contribution in [2.45, 2.75) is 13.3 Å². The summed E-state index contributed by atoms with van der Waals surface area (Å²) in [5.74, 6) is 0.167. The minimum absolute atomic E-state index is 0.0974. The lowest BCUT2D eigenvalue weighted by Crippen LogP contribution is -2.17. The second kappa shape index (κ2) is 8.34. The molecule has 11 heteroatoms. The summed E-state index contributed by atoms with van der Waals surface area (Å²) in [6.07, 6.45) is -3.66. The number of aryl methyl sites for hydroxylation is 1. The number of ether oxygens (including phenoxy) is 1. The molecule has 1 N–H and O–H groups in total. The van der Waals surface area contributed by atoms with Gasteiger partial charge in [-0.1, -0.05) is 29.8 Å². The fourth-order valence-electron chi connectivity index (χ4n) is 2.57. The highest BCUT2D eigenvalue weighted by Gasteiger charge is 2.31. The molecular weight excluding hydrogens is 421 g/mol. The van der Waals surface area contributed by atoms with Gasteiger partial charge in [0, 0.05) is 18.4 Å². The van der Waals surface area contributed by atoms with E-state index in [9.17, 15) is 21.6 Å². The summed E-state index contributed by atoms with van der Waals surface area (Å²) < 4.78 is 65.2. The van der Waals surface area contributed by atoms with E-state index in [2.05, 4.69) is 20.1 Å². The van der Waals surface area contributed by atoms with E-state index < -0.39 is 16.2 Å². The molecule has 0 amide bonds. The van der Waals surface area contributed by atoms with Crippen molar-refractivity contribution in [1.29, 1.82) is 0 Å². The third-order valence-corrected chi connectivity index (χ3v) is 4.93. The molecule has 1 heterocycles. The van der Waals surface area contributed by atoms with Crippen molar-refractivity contribution in [3.05, 3.63) is 54.1 Å². The van der Waals surface area contributed by atoms with Gasteiger partial charge in [-0.25, -0.2) is 8.42 Å². The van der Waals surface area contributed by atoms with E-state index in [1.54, 1.807) is 0 Å². The van der Waals surface area contributed by atoms with Gasteiger partial charge in [0.1, 0.15) is 15.6 Å². The Hall–Kier alpha value is -3.08. The Morgan fingerprint density at radius 2 is 1.70 bits per heavy atom. The average Bonchev–Trinajstić information content (AvgIpc) is 3.05. The minimum Gasteiger partial charge on any atom is -0.406 e. The molecule has 0 atom stereocenters. The first-order valence-corrected chi connectivity index (χ1v) is 10.9. The SMILES string of the molecule is Cc1ccc(-c2nc(NCCS(C)(=O)=O)n(-c3ccc(OC(F)(F)F)cc3)n2)cc1. The normalized spacial score (nSPS) is 12.0. The summed E-state index contributed by atoms with van der Waals surface area (Å²) >= 11 is 0. The molecule has 0 saturated carbocycles. The van der Waals surface area contributed by atoms with Crippen LogP contribution in [0.3, 0.4) is 0 Å². The van der Waals surface area contributed by atoms with E-state index in [0.29, 0.717) is 11.5 Å². The van der Waals surface area contributed by atoms with Crippen LogP contribution in [0, 0.1) is 6.92 Å². The number of anilines is 1. The van der Waals surface area contributed by atoms with Crippen LogP contribution >= 0.6 is 0 Å². The first-order valence-electron chi connectivity index (χ1n) is 8.82. The van der Waals surface area contributed by atoms with Gasteiger partial charge in [-0.2, -0.15) is 9.67 Å². The van der Waals surface area contributed by atoms with Crippen molar-refractivity contribution in [1.82, 2.24) is 14.8 Å². The second-order valence-corrected chi connectivity index (χ2v) is 8.89. The summed E-state index contributed by atoms with van der Waals surface area (Å²) in [7, 11) is -3.19. The largest absolute Gasteiger partial charge is 0.573 e. The molecule has 0 spiro atoms. The molecule has 0 fully saturated rings. The molecule has 0 aliphatic heterocycles. The summed E-state index contributed by atoms with van der Waals surface area (Å²) in [6.45, 7) is 2.04. The van der Waals surface area contributed by atoms with Crippen molar-refractivity contribution >= 4 is 15.8 Å². The number of aromatic nitrogens is 3. The monoisotopic (exact) mass is 440 g/mol. The third-order valence-electron chi connectivity index (χ3n) is 3.99. The van der Waals surface area contributed by atoms with E-state index in [-0.39, 0.29) is 24.0 Å². The van der Waals surface area contributed by atoms with Gasteiger partial charge in [0.15, 0.2) is 5.82 Å². The Labute approximate surface area is 171 Å². The highest BCUT2D eigenvalue weighted by Crippen LogP contribution is 2.26. The zero-order valence-corrected chi connectivity index (χ0v) is 17.0. The molecule has 3 rings (SSSR count). The maximum Gasteiger partial charge on any atom is 0.573 e. The van der Waals surface area contributed by atoms with Crippen LogP contribution in [0.4, 0.5) is 19.1 Å². The average molecular weight is 440 g/mol. The van der Waals surface area contributed by atoms with E-state index in [1.807, 2.05) is 31.2 Å². The lowest BCUT2D eigenvalue weighted by molar-refractivity contribution is -0.274. The van der Waals surface area contributed by atoms with Crippen LogP contribution in [0.1, 0.15) is 5.56 Å². The first kappa shape index (κ1) is 21.6. The predicted octanol–water partition coefficient (Wildman–Crippen LogP) is 3.60. The molecular formula is C19H19F3N4O3S. The maximum atomic E-state index is 12.4. The summed E-state index contributed by atoms with van der Waals surface area (Å²) in [6, 6.07) is 12.6. The number of rotatable bonds is 7. The van der Waals surface area contributed by atoms with Crippen molar-refractivity contribution < 1.29 is 26.3 Å². The van der Waals surface area contributed by atoms with E-state index in [0.717, 1.165) is 29.5 Å². The molecule has 0 unspecified atom stereocenters. The molecule has 0 aliphatic carbocycles. The molecule has 0 radical (unpaired) electrons. The lowest BCUT2D eigenvalue weighted by atomic mass is 10.1. The minimum atomic E-state index is -4.79. The Kier molecular flexibility index (Phi) is 6.01. The van der Waals surface area contributed by atoms with Crippen LogP contribution in [0.2, 0.25) is 0 Å². The van der Waals surface area contributed by atoms with Crippen LogP contribution in [0.15, 0.2) is 48.5 Å². The fraction of sp³-hybridized carbons (Fsp3) is 0.263. The smallest absolute Gasteiger partial charge is 0.406 e. The van der Waals surface area contributed by atoms with Crippen LogP contribution in [-0.2, 0) is 9.84 Å². The number of halogens is 3. The van der Waals surface area contributed by atoms with E-state index >= 15 is 0 Å². The third kappa shape index (κ3) is 5.96. The van der Waals surface area contributed by atoms with Crippen LogP contribution in [-0.4, -0.2) is 48.1 Å². The number of sulfone groups is 1. The zero-order chi connectivity index (χ0) is 21.9. The van der Waals surface area contributed by atoms with Crippen molar-refractivity contribution in [3.63, 3.8) is 0 Å². The summed E-state index contributed by atoms with van der Waals surface area (Å²) in [5, 5.41) is 7.35. The van der Waals surface area contributed by atoms with Crippen molar-refractivity contribution in [2.24, 2.45) is 0 Å². The lowest BCUT2D eigenvalue weighted by Gasteiger charge is -2.10. The zero-order valence-electron chi connectivity index (χ0n) is 16.1. The van der Waals surface area contributed by atoms with Crippen molar-refractivity contribution in [2.75, 3.05) is 23.9 Å². The Balaban J connectivity index is 1.93. The first-order chi connectivity index (χ1) is 14.0. The van der Waals surface area contributed by atoms with Gasteiger partial charge in [-0.3, -0.25) is 0 Å². The highest BCUT2D eigenvalue weighted by atomic mass is 32.2. The topological polar surface area (TPSA) is 86.1 Å². The van der Waals surface area contributed by atoms with Gasteiger partial charge >= 0.3 is 6.36 Å². The molecule has 0 saturated heterocycles. The van der Waals surface area contributed by atoms with Gasteiger partial charge in [-0.15, -0.1) is 18.3 Å². The van der Waals surface area contributed by atoms with Crippen LogP contribution in [0.5, 0.6) is 5.75 Å². The Morgan fingerprint density at radius 1 is 1.07 bits per heavy atom. The number of nitrogens with one attached hydrogen (secondary N) is 1. The van der Waals surface area contributed by atoms with E-state index in [4.69, 9.17) is 0 Å².